The Balaban J connectivity index is 1.63. The van der Waals surface area contributed by atoms with Crippen molar-refractivity contribution in [2.24, 2.45) is 0 Å². The van der Waals surface area contributed by atoms with Crippen LogP contribution in [0.15, 0.2) is 83.9 Å². The summed E-state index contributed by atoms with van der Waals surface area (Å²) in [7, 11) is -1.55. The molecular weight excluding hydrogens is 547 g/mol. The molecule has 3 aromatic carbocycles. The summed E-state index contributed by atoms with van der Waals surface area (Å²) in [5.74, 6) is -0.612. The van der Waals surface area contributed by atoms with Crippen LogP contribution in [0.2, 0.25) is 10.0 Å². The smallest absolute Gasteiger partial charge is 0.259 e. The Bertz CT molecular complexity index is 1620. The van der Waals surface area contributed by atoms with Crippen molar-refractivity contribution in [2.75, 3.05) is 24.0 Å². The van der Waals surface area contributed by atoms with Gasteiger partial charge in [0.1, 0.15) is 11.6 Å². The van der Waals surface area contributed by atoms with Gasteiger partial charge in [-0.15, -0.1) is 0 Å². The van der Waals surface area contributed by atoms with E-state index < -0.39 is 21.5 Å². The summed E-state index contributed by atoms with van der Waals surface area (Å²) < 4.78 is 25.8. The Morgan fingerprint density at radius 3 is 2.26 bits per heavy atom. The zero-order chi connectivity index (χ0) is 27.4. The third kappa shape index (κ3) is 6.13. The lowest BCUT2D eigenvalue weighted by atomic mass is 10.0. The van der Waals surface area contributed by atoms with Crippen molar-refractivity contribution in [3.8, 4) is 16.9 Å². The lowest BCUT2D eigenvalue weighted by Gasteiger charge is -2.16. The Kier molecular flexibility index (Phi) is 8.01. The number of pyridine rings is 1. The van der Waals surface area contributed by atoms with Crippen molar-refractivity contribution in [3.05, 3.63) is 100 Å². The molecule has 0 saturated carbocycles. The van der Waals surface area contributed by atoms with Gasteiger partial charge < -0.3 is 15.4 Å². The fourth-order valence-electron chi connectivity index (χ4n) is 3.72. The number of nitrogens with zero attached hydrogens (tertiary/aromatic N) is 1. The van der Waals surface area contributed by atoms with E-state index in [1.165, 1.54) is 37.8 Å². The molecule has 0 saturated heterocycles. The molecule has 0 spiro atoms. The number of carbonyl (C=O) groups excluding carboxylic acids is 2. The van der Waals surface area contributed by atoms with Crippen molar-refractivity contribution in [1.82, 2.24) is 4.98 Å². The number of benzene rings is 3. The number of aromatic nitrogens is 1. The molecule has 1 atom stereocenters. The quantitative estimate of drug-likeness (QED) is 0.232. The molecule has 1 unspecified atom stereocenters. The van der Waals surface area contributed by atoms with Gasteiger partial charge in [0.05, 0.1) is 38.0 Å². The lowest BCUT2D eigenvalue weighted by Crippen LogP contribution is -2.19. The van der Waals surface area contributed by atoms with Gasteiger partial charge in [0.2, 0.25) is 0 Å². The molecule has 38 heavy (non-hydrogen) atoms. The molecule has 0 aliphatic heterocycles. The molecule has 194 valence electrons. The predicted octanol–water partition coefficient (Wildman–Crippen LogP) is 6.60. The predicted molar refractivity (Wildman–Crippen MR) is 150 cm³/mol. The molecule has 1 heterocycles. The van der Waals surface area contributed by atoms with E-state index in [1.54, 1.807) is 54.6 Å². The van der Waals surface area contributed by atoms with Crippen LogP contribution in [0.25, 0.3) is 11.1 Å². The molecule has 8 nitrogen and oxygen atoms in total. The van der Waals surface area contributed by atoms with E-state index in [-0.39, 0.29) is 27.8 Å². The number of ether oxygens (including phenoxy) is 1. The van der Waals surface area contributed by atoms with E-state index in [4.69, 9.17) is 32.7 Å². The Morgan fingerprint density at radius 2 is 1.63 bits per heavy atom. The van der Waals surface area contributed by atoms with Gasteiger partial charge in [-0.05, 0) is 47.5 Å². The molecule has 3 N–H and O–H groups in total. The third-order valence-corrected chi connectivity index (χ3v) is 7.14. The zero-order valence-electron chi connectivity index (χ0n) is 20.2. The number of methoxy groups -OCH3 is 1. The first kappa shape index (κ1) is 27.1. The van der Waals surface area contributed by atoms with Crippen LogP contribution in [-0.4, -0.2) is 34.4 Å². The van der Waals surface area contributed by atoms with Crippen LogP contribution in [-0.2, 0) is 9.73 Å². The molecule has 0 radical (unpaired) electrons. The summed E-state index contributed by atoms with van der Waals surface area (Å²) in [6.07, 6.45) is 2.76. The minimum atomic E-state index is -2.95. The van der Waals surface area contributed by atoms with Crippen molar-refractivity contribution in [1.29, 1.82) is 4.78 Å². The van der Waals surface area contributed by atoms with Crippen LogP contribution in [0.1, 0.15) is 20.7 Å². The molecule has 11 heteroatoms. The van der Waals surface area contributed by atoms with Gasteiger partial charge in [-0.2, -0.15) is 0 Å². The second-order valence-electron chi connectivity index (χ2n) is 8.22. The van der Waals surface area contributed by atoms with Crippen LogP contribution in [0.5, 0.6) is 5.75 Å². The van der Waals surface area contributed by atoms with Crippen molar-refractivity contribution >= 4 is 56.3 Å². The average molecular weight is 569 g/mol. The highest BCUT2D eigenvalue weighted by Crippen LogP contribution is 2.34. The molecule has 4 aromatic rings. The van der Waals surface area contributed by atoms with E-state index in [2.05, 4.69) is 15.6 Å². The number of anilines is 2. The van der Waals surface area contributed by atoms with Gasteiger partial charge in [0.25, 0.3) is 11.8 Å². The Labute approximate surface area is 229 Å². The minimum Gasteiger partial charge on any atom is -0.494 e. The highest BCUT2D eigenvalue weighted by atomic mass is 35.5. The monoisotopic (exact) mass is 568 g/mol. The molecular formula is C27H22Cl2N4O4S. The summed E-state index contributed by atoms with van der Waals surface area (Å²) in [6.45, 7) is 0. The number of rotatable bonds is 7. The van der Waals surface area contributed by atoms with Gasteiger partial charge >= 0.3 is 0 Å². The summed E-state index contributed by atoms with van der Waals surface area (Å²) in [4.78, 5) is 30.7. The SMILES string of the molecule is COc1cc(Cl)cc(C(=O)Nc2ccc(Cl)cn2)c1NC(=O)c1ccc(-c2ccccc2S(C)(=N)=O)cc1. The topological polar surface area (TPSA) is 121 Å². The summed E-state index contributed by atoms with van der Waals surface area (Å²) in [5, 5.41) is 6.04. The number of carbonyl (C=O) groups is 2. The van der Waals surface area contributed by atoms with Crippen molar-refractivity contribution < 1.29 is 18.5 Å². The summed E-state index contributed by atoms with van der Waals surface area (Å²) in [6, 6.07) is 19.6. The second-order valence-corrected chi connectivity index (χ2v) is 11.2. The largest absolute Gasteiger partial charge is 0.494 e. The van der Waals surface area contributed by atoms with Crippen LogP contribution in [0.3, 0.4) is 0 Å². The highest BCUT2D eigenvalue weighted by molar-refractivity contribution is 7.91. The molecule has 0 aliphatic rings. The molecule has 2 amide bonds. The number of hydrogen-bond donors (Lipinski definition) is 3. The minimum absolute atomic E-state index is 0.0677. The molecule has 4 rings (SSSR count). The summed E-state index contributed by atoms with van der Waals surface area (Å²) in [5.41, 5.74) is 1.85. The van der Waals surface area contributed by atoms with E-state index >= 15 is 0 Å². The summed E-state index contributed by atoms with van der Waals surface area (Å²) >= 11 is 12.1. The van der Waals surface area contributed by atoms with Gasteiger partial charge in [0, 0.05) is 29.1 Å². The fraction of sp³-hybridized carbons (Fsp3) is 0.0741. The average Bonchev–Trinajstić information content (AvgIpc) is 2.90. The van der Waals surface area contributed by atoms with Gasteiger partial charge in [-0.3, -0.25) is 9.59 Å². The van der Waals surface area contributed by atoms with Gasteiger partial charge in [-0.25, -0.2) is 14.0 Å². The molecule has 0 aliphatic carbocycles. The number of halogens is 2. The molecule has 0 bridgehead atoms. The first-order chi connectivity index (χ1) is 18.1. The van der Waals surface area contributed by atoms with Gasteiger partial charge in [-0.1, -0.05) is 53.5 Å². The van der Waals surface area contributed by atoms with Crippen LogP contribution < -0.4 is 15.4 Å². The van der Waals surface area contributed by atoms with Crippen LogP contribution in [0.4, 0.5) is 11.5 Å². The Morgan fingerprint density at radius 1 is 0.921 bits per heavy atom. The van der Waals surface area contributed by atoms with E-state index in [0.717, 1.165) is 0 Å². The first-order valence-corrected chi connectivity index (χ1v) is 13.8. The number of hydrogen-bond acceptors (Lipinski definition) is 6. The highest BCUT2D eigenvalue weighted by Gasteiger charge is 2.21. The first-order valence-electron chi connectivity index (χ1n) is 11.1. The fourth-order valence-corrected chi connectivity index (χ4v) is 4.98. The Hall–Kier alpha value is -3.92. The number of nitrogens with one attached hydrogen (secondary N) is 3. The van der Waals surface area contributed by atoms with Crippen LogP contribution in [0, 0.1) is 4.78 Å². The van der Waals surface area contributed by atoms with Crippen LogP contribution >= 0.6 is 23.2 Å². The molecule has 0 fully saturated rings. The van der Waals surface area contributed by atoms with Crippen molar-refractivity contribution in [2.45, 2.75) is 4.90 Å². The maximum Gasteiger partial charge on any atom is 0.259 e. The van der Waals surface area contributed by atoms with E-state index in [0.29, 0.717) is 26.6 Å². The maximum absolute atomic E-state index is 13.2. The number of amides is 2. The van der Waals surface area contributed by atoms with Crippen molar-refractivity contribution in [3.63, 3.8) is 0 Å². The standard InChI is InChI=1S/C27H22Cl2N4O4S/c1-37-22-14-19(29)13-21(27(35)32-24-12-11-18(28)15-31-24)25(22)33-26(34)17-9-7-16(8-10-17)20-5-3-4-6-23(20)38(2,30)36/h3-15,30H,1-2H3,(H,33,34)(H,31,32,35). The third-order valence-electron chi connectivity index (χ3n) is 5.50. The normalized spacial score (nSPS) is 12.3. The van der Waals surface area contributed by atoms with E-state index in [9.17, 15) is 13.8 Å². The van der Waals surface area contributed by atoms with Gasteiger partial charge in [0.15, 0.2) is 0 Å². The lowest BCUT2D eigenvalue weighted by molar-refractivity contribution is 0.102. The maximum atomic E-state index is 13.2. The zero-order valence-corrected chi connectivity index (χ0v) is 22.6. The second kappa shape index (κ2) is 11.2. The van der Waals surface area contributed by atoms with E-state index in [1.807, 2.05) is 0 Å². The molecule has 1 aromatic heterocycles.